The summed E-state index contributed by atoms with van der Waals surface area (Å²) < 4.78 is 5.21. The molecule has 29 heavy (non-hydrogen) atoms. The molecule has 1 saturated carbocycles. The second-order valence-electron chi connectivity index (χ2n) is 7.93. The van der Waals surface area contributed by atoms with Crippen LogP contribution in [0, 0.1) is 17.2 Å². The number of hydrogen-bond acceptors (Lipinski definition) is 4. The van der Waals surface area contributed by atoms with Gasteiger partial charge in [-0.1, -0.05) is 49.2 Å². The van der Waals surface area contributed by atoms with Crippen molar-refractivity contribution in [2.45, 2.75) is 43.7 Å². The molecule has 0 radical (unpaired) electrons. The average Bonchev–Trinajstić information content (AvgIpc) is 3.29. The number of methoxy groups -OCH3 is 1. The largest absolute Gasteiger partial charge is 0.497 e. The highest BCUT2D eigenvalue weighted by Crippen LogP contribution is 2.43. The summed E-state index contributed by atoms with van der Waals surface area (Å²) >= 11 is 0. The first-order valence-corrected chi connectivity index (χ1v) is 10.2. The van der Waals surface area contributed by atoms with Gasteiger partial charge in [0.25, 0.3) is 0 Å². The van der Waals surface area contributed by atoms with E-state index in [1.54, 1.807) is 12.0 Å². The summed E-state index contributed by atoms with van der Waals surface area (Å²) in [5.74, 6) is 0.715. The van der Waals surface area contributed by atoms with Crippen LogP contribution < -0.4 is 4.74 Å². The van der Waals surface area contributed by atoms with E-state index in [0.717, 1.165) is 48.1 Å². The van der Waals surface area contributed by atoms with E-state index in [2.05, 4.69) is 6.07 Å². The summed E-state index contributed by atoms with van der Waals surface area (Å²) in [6, 6.07) is 17.4. The number of nitrogens with zero attached hydrogens (tertiary/aromatic N) is 2. The number of rotatable bonds is 5. The summed E-state index contributed by atoms with van der Waals surface area (Å²) in [5, 5.41) is 19.7. The number of carbonyl (C=O) groups excluding carboxylic acids is 1. The number of benzene rings is 2. The van der Waals surface area contributed by atoms with Crippen molar-refractivity contribution in [2.75, 3.05) is 13.7 Å². The van der Waals surface area contributed by atoms with Crippen LogP contribution in [0.2, 0.25) is 0 Å². The third kappa shape index (κ3) is 3.49. The molecule has 2 fully saturated rings. The van der Waals surface area contributed by atoms with Gasteiger partial charge in [0, 0.05) is 11.8 Å². The first-order chi connectivity index (χ1) is 14.2. The Morgan fingerprint density at radius 2 is 1.69 bits per heavy atom. The standard InChI is InChI=1S/C24H26N2O3/c1-29-20-12-10-17(11-13-20)16-6-8-18(9-7-16)23-21(14-25)26(22(23)15-27)24(28)19-4-2-3-5-19/h6-13,19,21-23,27H,2-5,15H2,1H3/t21-,22+,23-/m0/s1. The van der Waals surface area contributed by atoms with Crippen LogP contribution in [0.25, 0.3) is 11.1 Å². The fraction of sp³-hybridized carbons (Fsp3) is 0.417. The number of hydrogen-bond donors (Lipinski definition) is 1. The van der Waals surface area contributed by atoms with Gasteiger partial charge in [0.2, 0.25) is 5.91 Å². The van der Waals surface area contributed by atoms with Crippen LogP contribution in [-0.4, -0.2) is 41.7 Å². The van der Waals surface area contributed by atoms with Crippen molar-refractivity contribution < 1.29 is 14.6 Å². The molecule has 1 amide bonds. The highest BCUT2D eigenvalue weighted by Gasteiger charge is 2.52. The van der Waals surface area contributed by atoms with Crippen molar-refractivity contribution in [1.29, 1.82) is 5.26 Å². The van der Waals surface area contributed by atoms with Gasteiger partial charge in [-0.2, -0.15) is 5.26 Å². The lowest BCUT2D eigenvalue weighted by molar-refractivity contribution is -0.151. The maximum absolute atomic E-state index is 12.9. The molecule has 2 aliphatic rings. The van der Waals surface area contributed by atoms with Crippen molar-refractivity contribution in [2.24, 2.45) is 5.92 Å². The van der Waals surface area contributed by atoms with E-state index in [1.165, 1.54) is 0 Å². The summed E-state index contributed by atoms with van der Waals surface area (Å²) in [4.78, 5) is 14.5. The average molecular weight is 390 g/mol. The zero-order chi connectivity index (χ0) is 20.4. The monoisotopic (exact) mass is 390 g/mol. The van der Waals surface area contributed by atoms with Gasteiger partial charge in [0.1, 0.15) is 11.8 Å². The molecule has 2 aromatic carbocycles. The van der Waals surface area contributed by atoms with E-state index >= 15 is 0 Å². The molecule has 0 spiro atoms. The van der Waals surface area contributed by atoms with Gasteiger partial charge in [0.15, 0.2) is 0 Å². The quantitative estimate of drug-likeness (QED) is 0.844. The Morgan fingerprint density at radius 1 is 1.10 bits per heavy atom. The van der Waals surface area contributed by atoms with Gasteiger partial charge in [-0.25, -0.2) is 0 Å². The molecule has 0 unspecified atom stereocenters. The topological polar surface area (TPSA) is 73.6 Å². The van der Waals surface area contributed by atoms with Gasteiger partial charge in [0.05, 0.1) is 25.8 Å². The molecule has 1 heterocycles. The minimum atomic E-state index is -0.507. The molecule has 1 aliphatic carbocycles. The lowest BCUT2D eigenvalue weighted by Gasteiger charge is -2.52. The zero-order valence-corrected chi connectivity index (χ0v) is 16.6. The predicted molar refractivity (Wildman–Crippen MR) is 110 cm³/mol. The molecule has 4 rings (SSSR count). The Bertz CT molecular complexity index is 895. The van der Waals surface area contributed by atoms with Crippen LogP contribution >= 0.6 is 0 Å². The Morgan fingerprint density at radius 3 is 2.21 bits per heavy atom. The molecular formula is C24H26N2O3. The second kappa shape index (κ2) is 8.26. The van der Waals surface area contributed by atoms with Crippen LogP contribution in [0.4, 0.5) is 0 Å². The third-order valence-electron chi connectivity index (χ3n) is 6.41. The van der Waals surface area contributed by atoms with Crippen molar-refractivity contribution in [3.63, 3.8) is 0 Å². The van der Waals surface area contributed by atoms with Crippen LogP contribution in [0.15, 0.2) is 48.5 Å². The molecule has 5 nitrogen and oxygen atoms in total. The Kier molecular flexibility index (Phi) is 5.55. The third-order valence-corrected chi connectivity index (χ3v) is 6.41. The highest BCUT2D eigenvalue weighted by atomic mass is 16.5. The summed E-state index contributed by atoms with van der Waals surface area (Å²) in [7, 11) is 1.65. The van der Waals surface area contributed by atoms with Gasteiger partial charge in [-0.3, -0.25) is 4.79 Å². The summed E-state index contributed by atoms with van der Waals surface area (Å²) in [6.45, 7) is -0.123. The van der Waals surface area contributed by atoms with Crippen LogP contribution in [0.1, 0.15) is 37.2 Å². The van der Waals surface area contributed by atoms with Gasteiger partial charge in [-0.15, -0.1) is 0 Å². The predicted octanol–water partition coefficient (Wildman–Crippen LogP) is 3.73. The van der Waals surface area contributed by atoms with Crippen molar-refractivity contribution >= 4 is 5.91 Å². The van der Waals surface area contributed by atoms with E-state index in [4.69, 9.17) is 4.74 Å². The molecule has 0 aromatic heterocycles. The maximum atomic E-state index is 12.9. The number of nitriles is 1. The molecule has 3 atom stereocenters. The zero-order valence-electron chi connectivity index (χ0n) is 16.6. The normalized spacial score (nSPS) is 24.0. The van der Waals surface area contributed by atoms with E-state index in [-0.39, 0.29) is 30.4 Å². The van der Waals surface area contributed by atoms with Crippen molar-refractivity contribution in [1.82, 2.24) is 4.90 Å². The van der Waals surface area contributed by atoms with Gasteiger partial charge >= 0.3 is 0 Å². The molecule has 1 N–H and O–H groups in total. The lowest BCUT2D eigenvalue weighted by atomic mass is 9.74. The number of aliphatic hydroxyl groups excluding tert-OH is 1. The highest BCUT2D eigenvalue weighted by molar-refractivity contribution is 5.82. The van der Waals surface area contributed by atoms with E-state index in [9.17, 15) is 15.2 Å². The number of likely N-dealkylation sites (tertiary alicyclic amines) is 1. The van der Waals surface area contributed by atoms with Gasteiger partial charge < -0.3 is 14.7 Å². The Labute approximate surface area is 171 Å². The molecule has 1 aliphatic heterocycles. The molecule has 150 valence electrons. The fourth-order valence-electron chi connectivity index (χ4n) is 4.78. The molecule has 1 saturated heterocycles. The first-order valence-electron chi connectivity index (χ1n) is 10.2. The molecule has 5 heteroatoms. The lowest BCUT2D eigenvalue weighted by Crippen LogP contribution is -2.66. The minimum Gasteiger partial charge on any atom is -0.497 e. The maximum Gasteiger partial charge on any atom is 0.227 e. The SMILES string of the molecule is COc1ccc(-c2ccc([C@@H]3[C@@H](CO)N(C(=O)C4CCCC4)[C@H]3C#N)cc2)cc1. The summed E-state index contributed by atoms with van der Waals surface area (Å²) in [6.07, 6.45) is 3.93. The number of carbonyl (C=O) groups is 1. The van der Waals surface area contributed by atoms with Crippen molar-refractivity contribution in [3.8, 4) is 22.9 Å². The molecular weight excluding hydrogens is 364 g/mol. The van der Waals surface area contributed by atoms with E-state index < -0.39 is 6.04 Å². The van der Waals surface area contributed by atoms with E-state index in [1.807, 2.05) is 48.5 Å². The summed E-state index contributed by atoms with van der Waals surface area (Å²) in [5.41, 5.74) is 3.14. The number of ether oxygens (including phenoxy) is 1. The van der Waals surface area contributed by atoms with Crippen LogP contribution in [-0.2, 0) is 4.79 Å². The molecule has 0 bridgehead atoms. The minimum absolute atomic E-state index is 0.0123. The Balaban J connectivity index is 1.54. The van der Waals surface area contributed by atoms with E-state index in [0.29, 0.717) is 0 Å². The van der Waals surface area contributed by atoms with Crippen molar-refractivity contribution in [3.05, 3.63) is 54.1 Å². The number of amides is 1. The molecule has 2 aromatic rings. The van der Waals surface area contributed by atoms with Crippen LogP contribution in [0.5, 0.6) is 5.75 Å². The second-order valence-corrected chi connectivity index (χ2v) is 7.93. The number of aliphatic hydroxyl groups is 1. The smallest absolute Gasteiger partial charge is 0.227 e. The Hall–Kier alpha value is -2.84. The van der Waals surface area contributed by atoms with Gasteiger partial charge in [-0.05, 0) is 41.7 Å². The fourth-order valence-corrected chi connectivity index (χ4v) is 4.78. The first kappa shape index (κ1) is 19.5. The van der Waals surface area contributed by atoms with Crippen LogP contribution in [0.3, 0.4) is 0 Å².